The zero-order valence-corrected chi connectivity index (χ0v) is 11.6. The van der Waals surface area contributed by atoms with Gasteiger partial charge < -0.3 is 0 Å². The lowest BCUT2D eigenvalue weighted by molar-refractivity contribution is -0.118. The summed E-state index contributed by atoms with van der Waals surface area (Å²) in [7, 11) is -3.21. The molecule has 0 spiro atoms. The van der Waals surface area contributed by atoms with Crippen LogP contribution in [-0.2, 0) is 14.6 Å². The van der Waals surface area contributed by atoms with Crippen molar-refractivity contribution in [3.63, 3.8) is 0 Å². The highest BCUT2D eigenvalue weighted by atomic mass is 32.2. The molecule has 1 aliphatic rings. The van der Waals surface area contributed by atoms with Crippen molar-refractivity contribution in [1.29, 1.82) is 0 Å². The lowest BCUT2D eigenvalue weighted by atomic mass is 10.0. The van der Waals surface area contributed by atoms with E-state index in [0.717, 1.165) is 25.7 Å². The number of Topliss-reactive ketones (excluding diaryl/α,β-unsaturated/α-hetero) is 1. The molecule has 3 nitrogen and oxygen atoms in total. The molecule has 0 heterocycles. The minimum Gasteiger partial charge on any atom is -0.298 e. The van der Waals surface area contributed by atoms with Gasteiger partial charge in [-0.25, -0.2) is 8.42 Å². The number of carbonyl (C=O) groups is 1. The average molecular weight is 260 g/mol. The summed E-state index contributed by atoms with van der Waals surface area (Å²) >= 11 is 0. The zero-order valence-electron chi connectivity index (χ0n) is 10.8. The Morgan fingerprint density at radius 3 is 1.88 bits per heavy atom. The maximum absolute atomic E-state index is 11.9. The van der Waals surface area contributed by atoms with Crippen LogP contribution in [0.15, 0.2) is 0 Å². The van der Waals surface area contributed by atoms with Crippen LogP contribution in [0.1, 0.15) is 64.2 Å². The van der Waals surface area contributed by atoms with Crippen molar-refractivity contribution in [2.24, 2.45) is 0 Å². The summed E-state index contributed by atoms with van der Waals surface area (Å²) in [6.07, 6.45) is 10.8. The number of hydrogen-bond donors (Lipinski definition) is 0. The van der Waals surface area contributed by atoms with Gasteiger partial charge in [0.25, 0.3) is 0 Å². The molecule has 1 atom stereocenters. The smallest absolute Gasteiger partial charge is 0.157 e. The van der Waals surface area contributed by atoms with Crippen molar-refractivity contribution in [3.8, 4) is 0 Å². The molecule has 0 aromatic heterocycles. The topological polar surface area (TPSA) is 51.2 Å². The molecule has 0 aromatic carbocycles. The molecule has 1 saturated carbocycles. The number of ketones is 1. The van der Waals surface area contributed by atoms with E-state index < -0.39 is 15.1 Å². The van der Waals surface area contributed by atoms with Gasteiger partial charge in [-0.2, -0.15) is 0 Å². The van der Waals surface area contributed by atoms with Crippen LogP contribution in [-0.4, -0.2) is 25.7 Å². The largest absolute Gasteiger partial charge is 0.298 e. The SMILES string of the molecule is CS(=O)(=O)C1CCCCCCCCCCC1=O. The van der Waals surface area contributed by atoms with Crippen LogP contribution in [0.5, 0.6) is 0 Å². The summed E-state index contributed by atoms with van der Waals surface area (Å²) in [5, 5.41) is -0.734. The van der Waals surface area contributed by atoms with E-state index in [0.29, 0.717) is 12.8 Å². The molecular formula is C13H24O3S. The third-order valence-electron chi connectivity index (χ3n) is 3.52. The lowest BCUT2D eigenvalue weighted by Gasteiger charge is -2.15. The third-order valence-corrected chi connectivity index (χ3v) is 5.05. The summed E-state index contributed by atoms with van der Waals surface area (Å²) in [6.45, 7) is 0. The Labute approximate surface area is 105 Å². The number of hydrogen-bond acceptors (Lipinski definition) is 3. The molecule has 1 fully saturated rings. The van der Waals surface area contributed by atoms with E-state index in [1.807, 2.05) is 0 Å². The second-order valence-corrected chi connectivity index (χ2v) is 7.38. The fraction of sp³-hybridized carbons (Fsp3) is 0.923. The average Bonchev–Trinajstić information content (AvgIpc) is 2.21. The van der Waals surface area contributed by atoms with Crippen LogP contribution in [0.3, 0.4) is 0 Å². The minimum absolute atomic E-state index is 0.0620. The molecule has 17 heavy (non-hydrogen) atoms. The summed E-state index contributed by atoms with van der Waals surface area (Å²) in [6, 6.07) is 0. The zero-order chi connectivity index (χ0) is 12.7. The fourth-order valence-electron chi connectivity index (χ4n) is 2.46. The Morgan fingerprint density at radius 2 is 1.35 bits per heavy atom. The highest BCUT2D eigenvalue weighted by Crippen LogP contribution is 2.18. The van der Waals surface area contributed by atoms with Crippen LogP contribution in [0.25, 0.3) is 0 Å². The molecule has 0 aliphatic heterocycles. The highest BCUT2D eigenvalue weighted by molar-refractivity contribution is 7.92. The van der Waals surface area contributed by atoms with Crippen molar-refractivity contribution in [2.45, 2.75) is 69.5 Å². The van der Waals surface area contributed by atoms with Gasteiger partial charge in [-0.15, -0.1) is 0 Å². The number of rotatable bonds is 1. The Hall–Kier alpha value is -0.380. The first kappa shape index (κ1) is 14.7. The molecule has 4 heteroatoms. The Kier molecular flexibility index (Phi) is 6.17. The molecule has 100 valence electrons. The van der Waals surface area contributed by atoms with Crippen molar-refractivity contribution < 1.29 is 13.2 Å². The Morgan fingerprint density at radius 1 is 0.882 bits per heavy atom. The van der Waals surface area contributed by atoms with E-state index in [1.54, 1.807) is 0 Å². The molecule has 0 amide bonds. The summed E-state index contributed by atoms with van der Waals surface area (Å²) in [4.78, 5) is 11.9. The molecule has 0 radical (unpaired) electrons. The summed E-state index contributed by atoms with van der Waals surface area (Å²) in [5.41, 5.74) is 0. The molecule has 1 unspecified atom stereocenters. The number of carbonyl (C=O) groups excluding carboxylic acids is 1. The van der Waals surface area contributed by atoms with E-state index in [-0.39, 0.29) is 5.78 Å². The second-order valence-electron chi connectivity index (χ2n) is 5.15. The van der Waals surface area contributed by atoms with Crippen molar-refractivity contribution in [1.82, 2.24) is 0 Å². The first-order valence-electron chi connectivity index (χ1n) is 6.73. The van der Waals surface area contributed by atoms with Gasteiger partial charge in [-0.3, -0.25) is 4.79 Å². The predicted molar refractivity (Wildman–Crippen MR) is 69.8 cm³/mol. The van der Waals surface area contributed by atoms with Gasteiger partial charge >= 0.3 is 0 Å². The molecule has 1 rings (SSSR count). The Bertz CT molecular complexity index is 333. The first-order chi connectivity index (χ1) is 8.02. The summed E-state index contributed by atoms with van der Waals surface area (Å²) < 4.78 is 23.2. The van der Waals surface area contributed by atoms with E-state index in [1.165, 1.54) is 31.9 Å². The fourth-order valence-corrected chi connectivity index (χ4v) is 3.65. The van der Waals surface area contributed by atoms with Crippen molar-refractivity contribution >= 4 is 15.6 Å². The van der Waals surface area contributed by atoms with Gasteiger partial charge in [-0.1, -0.05) is 44.9 Å². The molecule has 0 bridgehead atoms. The maximum Gasteiger partial charge on any atom is 0.157 e. The van der Waals surface area contributed by atoms with Gasteiger partial charge in [0.05, 0.1) is 0 Å². The van der Waals surface area contributed by atoms with Crippen LogP contribution >= 0.6 is 0 Å². The Balaban J connectivity index is 2.61. The second kappa shape index (κ2) is 7.14. The molecule has 0 aromatic rings. The maximum atomic E-state index is 11.9. The normalized spacial score (nSPS) is 25.9. The molecular weight excluding hydrogens is 236 g/mol. The first-order valence-corrected chi connectivity index (χ1v) is 8.69. The van der Waals surface area contributed by atoms with Gasteiger partial charge in [0.1, 0.15) is 5.25 Å². The van der Waals surface area contributed by atoms with Crippen molar-refractivity contribution in [3.05, 3.63) is 0 Å². The number of sulfone groups is 1. The molecule has 1 aliphatic carbocycles. The van der Waals surface area contributed by atoms with Gasteiger partial charge in [0, 0.05) is 12.7 Å². The third kappa shape index (κ3) is 5.66. The molecule has 0 saturated heterocycles. The van der Waals surface area contributed by atoms with Crippen LogP contribution in [0.2, 0.25) is 0 Å². The van der Waals surface area contributed by atoms with E-state index in [4.69, 9.17) is 0 Å². The molecule has 0 N–H and O–H groups in total. The van der Waals surface area contributed by atoms with E-state index in [2.05, 4.69) is 0 Å². The van der Waals surface area contributed by atoms with Crippen LogP contribution in [0.4, 0.5) is 0 Å². The van der Waals surface area contributed by atoms with Gasteiger partial charge in [0.2, 0.25) is 0 Å². The predicted octanol–water partition coefficient (Wildman–Crippen LogP) is 2.88. The van der Waals surface area contributed by atoms with Crippen molar-refractivity contribution in [2.75, 3.05) is 6.26 Å². The minimum atomic E-state index is -3.21. The van der Waals surface area contributed by atoms with Crippen LogP contribution < -0.4 is 0 Å². The van der Waals surface area contributed by atoms with Crippen LogP contribution in [0, 0.1) is 0 Å². The van der Waals surface area contributed by atoms with Gasteiger partial charge in [0.15, 0.2) is 15.6 Å². The van der Waals surface area contributed by atoms with E-state index >= 15 is 0 Å². The standard InChI is InChI=1S/C13H24O3S/c1-17(15,16)13-11-9-7-5-3-2-4-6-8-10-12(13)14/h13H,2-11H2,1H3. The van der Waals surface area contributed by atoms with E-state index in [9.17, 15) is 13.2 Å². The van der Waals surface area contributed by atoms with Gasteiger partial charge in [-0.05, 0) is 12.8 Å². The summed E-state index contributed by atoms with van der Waals surface area (Å²) in [5.74, 6) is -0.0620. The highest BCUT2D eigenvalue weighted by Gasteiger charge is 2.27. The lowest BCUT2D eigenvalue weighted by Crippen LogP contribution is -2.29. The quantitative estimate of drug-likeness (QED) is 0.728. The monoisotopic (exact) mass is 260 g/mol.